The molecule has 3 nitrogen and oxygen atoms in total. The van der Waals surface area contributed by atoms with Gasteiger partial charge in [0.05, 0.1) is 0 Å². The first-order valence-electron chi connectivity index (χ1n) is 10.3. The van der Waals surface area contributed by atoms with Gasteiger partial charge >= 0.3 is 5.97 Å². The number of hydrogen-bond acceptors (Lipinski definition) is 3. The van der Waals surface area contributed by atoms with Crippen LogP contribution in [0.2, 0.25) is 0 Å². The highest BCUT2D eigenvalue weighted by molar-refractivity contribution is 5.95. The highest BCUT2D eigenvalue weighted by atomic mass is 16.5. The van der Waals surface area contributed by atoms with Gasteiger partial charge in [0.1, 0.15) is 6.10 Å². The van der Waals surface area contributed by atoms with Gasteiger partial charge in [-0.25, -0.2) is 0 Å². The van der Waals surface area contributed by atoms with Crippen LogP contribution < -0.4 is 0 Å². The Morgan fingerprint density at radius 3 is 2.54 bits per heavy atom. The van der Waals surface area contributed by atoms with Crippen LogP contribution in [-0.4, -0.2) is 17.9 Å². The van der Waals surface area contributed by atoms with E-state index < -0.39 is 0 Å². The van der Waals surface area contributed by atoms with Gasteiger partial charge in [-0.05, 0) is 80.6 Å². The lowest BCUT2D eigenvalue weighted by molar-refractivity contribution is -0.151. The molecule has 2 fully saturated rings. The molecule has 142 valence electrons. The molecule has 4 rings (SSSR count). The highest BCUT2D eigenvalue weighted by Gasteiger charge is 2.56. The van der Waals surface area contributed by atoms with Crippen molar-refractivity contribution in [3.05, 3.63) is 23.3 Å². The molecular formula is C23H32O3. The number of allylic oxidation sites excluding steroid dienone is 4. The molecular weight excluding hydrogens is 324 g/mol. The normalized spacial score (nSPS) is 44.2. The lowest BCUT2D eigenvalue weighted by atomic mass is 9.48. The predicted octanol–water partition coefficient (Wildman–Crippen LogP) is 5.01. The van der Waals surface area contributed by atoms with Crippen LogP contribution in [0, 0.1) is 28.6 Å². The number of esters is 1. The number of fused-ring (bicyclic) bond motifs is 5. The molecule has 4 aliphatic carbocycles. The van der Waals surface area contributed by atoms with Crippen LogP contribution in [0.3, 0.4) is 0 Å². The van der Waals surface area contributed by atoms with Gasteiger partial charge in [-0.15, -0.1) is 0 Å². The number of Topliss-reactive ketones (excluding diaryl/α,β-unsaturated/α-hetero) is 1. The maximum absolute atomic E-state index is 12.2. The molecule has 0 bridgehead atoms. The predicted molar refractivity (Wildman–Crippen MR) is 101 cm³/mol. The molecule has 0 aromatic rings. The summed E-state index contributed by atoms with van der Waals surface area (Å²) in [6.45, 7) is 8.02. The monoisotopic (exact) mass is 356 g/mol. The second kappa shape index (κ2) is 6.07. The van der Waals surface area contributed by atoms with E-state index in [4.69, 9.17) is 4.74 Å². The number of carbonyl (C=O) groups is 2. The van der Waals surface area contributed by atoms with Crippen molar-refractivity contribution in [2.24, 2.45) is 28.6 Å². The second-order valence-corrected chi connectivity index (χ2v) is 9.60. The van der Waals surface area contributed by atoms with Crippen LogP contribution in [0.1, 0.15) is 72.6 Å². The molecule has 0 aromatic heterocycles. The molecule has 0 heterocycles. The summed E-state index contributed by atoms with van der Waals surface area (Å²) >= 11 is 0. The van der Waals surface area contributed by atoms with E-state index in [1.54, 1.807) is 12.5 Å². The van der Waals surface area contributed by atoms with E-state index in [0.717, 1.165) is 37.7 Å². The van der Waals surface area contributed by atoms with Crippen molar-refractivity contribution in [2.75, 3.05) is 0 Å². The van der Waals surface area contributed by atoms with Crippen molar-refractivity contribution < 1.29 is 14.3 Å². The second-order valence-electron chi connectivity index (χ2n) is 9.60. The third-order valence-corrected chi connectivity index (χ3v) is 8.27. The Morgan fingerprint density at radius 2 is 1.85 bits per heavy atom. The zero-order valence-electron chi connectivity index (χ0n) is 16.6. The van der Waals surface area contributed by atoms with Gasteiger partial charge in [-0.3, -0.25) is 9.59 Å². The molecule has 0 aromatic carbocycles. The lowest BCUT2D eigenvalue weighted by Gasteiger charge is -2.56. The minimum absolute atomic E-state index is 0.0398. The third kappa shape index (κ3) is 2.53. The van der Waals surface area contributed by atoms with E-state index in [1.165, 1.54) is 19.8 Å². The quantitative estimate of drug-likeness (QED) is 0.516. The van der Waals surface area contributed by atoms with Crippen molar-refractivity contribution in [2.45, 2.75) is 78.7 Å². The topological polar surface area (TPSA) is 43.4 Å². The summed E-state index contributed by atoms with van der Waals surface area (Å²) in [7, 11) is 0. The Hall–Kier alpha value is -1.38. The van der Waals surface area contributed by atoms with E-state index in [1.807, 2.05) is 0 Å². The summed E-state index contributed by atoms with van der Waals surface area (Å²) in [6.07, 6.45) is 12.5. The maximum atomic E-state index is 12.2. The van der Waals surface area contributed by atoms with E-state index in [9.17, 15) is 9.59 Å². The van der Waals surface area contributed by atoms with Crippen LogP contribution in [-0.2, 0) is 14.3 Å². The van der Waals surface area contributed by atoms with Gasteiger partial charge in [0.15, 0.2) is 5.78 Å². The summed E-state index contributed by atoms with van der Waals surface area (Å²) in [5.41, 5.74) is 3.03. The van der Waals surface area contributed by atoms with Crippen molar-refractivity contribution in [3.63, 3.8) is 0 Å². The molecule has 0 aliphatic heterocycles. The van der Waals surface area contributed by atoms with Gasteiger partial charge in [0, 0.05) is 12.3 Å². The summed E-state index contributed by atoms with van der Waals surface area (Å²) < 4.78 is 5.54. The van der Waals surface area contributed by atoms with Gasteiger partial charge in [-0.2, -0.15) is 0 Å². The van der Waals surface area contributed by atoms with Crippen LogP contribution in [0.25, 0.3) is 0 Å². The average Bonchev–Trinajstić information content (AvgIpc) is 2.92. The average molecular weight is 357 g/mol. The fourth-order valence-electron chi connectivity index (χ4n) is 6.96. The molecule has 0 N–H and O–H groups in total. The Balaban J connectivity index is 1.60. The third-order valence-electron chi connectivity index (χ3n) is 8.27. The first-order chi connectivity index (χ1) is 12.3. The molecule has 0 amide bonds. The van der Waals surface area contributed by atoms with Gasteiger partial charge in [0.2, 0.25) is 0 Å². The molecule has 6 atom stereocenters. The SMILES string of the molecule is CC(=O)O[C@H]1CC[C@]2(C)C3=CC[C@]4(C)C(C(C)=O)=CC[C@H]4[C@@H]3CC[C@@H]2C1. The number of rotatable bonds is 2. The zero-order valence-corrected chi connectivity index (χ0v) is 16.6. The summed E-state index contributed by atoms with van der Waals surface area (Å²) in [4.78, 5) is 23.5. The molecule has 0 radical (unpaired) electrons. The van der Waals surface area contributed by atoms with Gasteiger partial charge < -0.3 is 4.74 Å². The number of ether oxygens (including phenoxy) is 1. The fourth-order valence-corrected chi connectivity index (χ4v) is 6.96. The van der Waals surface area contributed by atoms with E-state index in [0.29, 0.717) is 17.8 Å². The van der Waals surface area contributed by atoms with Crippen molar-refractivity contribution in [3.8, 4) is 0 Å². The molecule has 26 heavy (non-hydrogen) atoms. The molecule has 3 heteroatoms. The molecule has 4 aliphatic rings. The Bertz CT molecular complexity index is 702. The lowest BCUT2D eigenvalue weighted by Crippen LogP contribution is -2.48. The van der Waals surface area contributed by atoms with Crippen LogP contribution in [0.5, 0.6) is 0 Å². The summed E-state index contributed by atoms with van der Waals surface area (Å²) in [5.74, 6) is 1.94. The van der Waals surface area contributed by atoms with Gasteiger partial charge in [0.25, 0.3) is 0 Å². The first kappa shape index (κ1) is 18.0. The van der Waals surface area contributed by atoms with Crippen molar-refractivity contribution in [1.82, 2.24) is 0 Å². The van der Waals surface area contributed by atoms with E-state index >= 15 is 0 Å². The Labute approximate surface area is 157 Å². The number of carbonyl (C=O) groups excluding carboxylic acids is 2. The van der Waals surface area contributed by atoms with Crippen molar-refractivity contribution in [1.29, 1.82) is 0 Å². The molecule has 0 spiro atoms. The largest absolute Gasteiger partial charge is 0.463 e. The highest BCUT2D eigenvalue weighted by Crippen LogP contribution is 2.64. The van der Waals surface area contributed by atoms with Crippen LogP contribution in [0.4, 0.5) is 0 Å². The van der Waals surface area contributed by atoms with E-state index in [-0.39, 0.29) is 28.7 Å². The van der Waals surface area contributed by atoms with E-state index in [2.05, 4.69) is 26.0 Å². The molecule has 0 saturated heterocycles. The fraction of sp³-hybridized carbons (Fsp3) is 0.739. The Kier molecular flexibility index (Phi) is 4.20. The summed E-state index contributed by atoms with van der Waals surface area (Å²) in [6, 6.07) is 0. The minimum atomic E-state index is -0.145. The maximum Gasteiger partial charge on any atom is 0.302 e. The zero-order chi connectivity index (χ0) is 18.7. The first-order valence-corrected chi connectivity index (χ1v) is 10.3. The molecule has 0 unspecified atom stereocenters. The number of ketones is 1. The van der Waals surface area contributed by atoms with Crippen molar-refractivity contribution >= 4 is 11.8 Å². The van der Waals surface area contributed by atoms with Gasteiger partial charge in [-0.1, -0.05) is 31.6 Å². The standard InChI is InChI=1S/C23H32O3/c1-14(24)19-7-8-20-18-6-5-16-13-17(26-15(2)25)9-11-22(16,3)21(18)10-12-23(19,20)4/h7,10,16-18,20H,5-6,8-9,11-13H2,1-4H3/t16-,17+,18+,20+,22+,23-/m1/s1. The summed E-state index contributed by atoms with van der Waals surface area (Å²) in [5, 5.41) is 0. The van der Waals surface area contributed by atoms with Crippen LogP contribution >= 0.6 is 0 Å². The smallest absolute Gasteiger partial charge is 0.302 e. The molecule has 2 saturated carbocycles. The number of hydrogen-bond donors (Lipinski definition) is 0. The van der Waals surface area contributed by atoms with Crippen LogP contribution in [0.15, 0.2) is 23.3 Å². The minimum Gasteiger partial charge on any atom is -0.463 e. The Morgan fingerprint density at radius 1 is 1.08 bits per heavy atom.